The van der Waals surface area contributed by atoms with Gasteiger partial charge in [-0.05, 0) is 30.9 Å². The summed E-state index contributed by atoms with van der Waals surface area (Å²) in [7, 11) is 2.08. The van der Waals surface area contributed by atoms with Crippen LogP contribution in [0.25, 0.3) is 0 Å². The number of guanidine groups is 1. The minimum absolute atomic E-state index is 0.577. The van der Waals surface area contributed by atoms with Crippen LogP contribution in [-0.2, 0) is 0 Å². The van der Waals surface area contributed by atoms with Gasteiger partial charge in [0.2, 0.25) is 0 Å². The van der Waals surface area contributed by atoms with Gasteiger partial charge in [-0.1, -0.05) is 24.6 Å². The number of rotatable bonds is 6. The minimum Gasteiger partial charge on any atom is -0.373 e. The third-order valence-corrected chi connectivity index (χ3v) is 3.69. The standard InChI is InChI=1S/C15H24N4/c1-19(14-8-3-2-4-9-14)11-10-17-15(16)18-12-13-6-5-7-13/h2-4,8-9,13H,5-7,10-12H2,1H3,(H3,16,17,18). The first-order chi connectivity index (χ1) is 9.25. The maximum Gasteiger partial charge on any atom is 0.188 e. The number of hydrogen-bond acceptors (Lipinski definition) is 2. The van der Waals surface area contributed by atoms with E-state index in [2.05, 4.69) is 34.4 Å². The molecule has 0 aromatic heterocycles. The second kappa shape index (κ2) is 7.02. The van der Waals surface area contributed by atoms with E-state index in [1.807, 2.05) is 18.2 Å². The van der Waals surface area contributed by atoms with Crippen molar-refractivity contribution >= 4 is 11.6 Å². The number of aliphatic imine (C=N–C) groups is 1. The van der Waals surface area contributed by atoms with Gasteiger partial charge < -0.3 is 16.0 Å². The van der Waals surface area contributed by atoms with Crippen molar-refractivity contribution in [1.29, 1.82) is 0 Å². The van der Waals surface area contributed by atoms with E-state index in [9.17, 15) is 0 Å². The van der Waals surface area contributed by atoms with Crippen molar-refractivity contribution in [2.24, 2.45) is 16.6 Å². The number of nitrogens with zero attached hydrogens (tertiary/aromatic N) is 2. The molecule has 4 heteroatoms. The molecular weight excluding hydrogens is 236 g/mol. The average molecular weight is 260 g/mol. The molecule has 3 N–H and O–H groups in total. The monoisotopic (exact) mass is 260 g/mol. The molecular formula is C15H24N4. The van der Waals surface area contributed by atoms with Crippen LogP contribution < -0.4 is 16.0 Å². The van der Waals surface area contributed by atoms with E-state index < -0.39 is 0 Å². The van der Waals surface area contributed by atoms with Crippen molar-refractivity contribution in [3.05, 3.63) is 30.3 Å². The Labute approximate surface area is 115 Å². The highest BCUT2D eigenvalue weighted by molar-refractivity contribution is 5.77. The van der Waals surface area contributed by atoms with E-state index in [1.165, 1.54) is 24.9 Å². The Morgan fingerprint density at radius 3 is 2.74 bits per heavy atom. The zero-order valence-electron chi connectivity index (χ0n) is 11.7. The van der Waals surface area contributed by atoms with Crippen molar-refractivity contribution in [3.8, 4) is 0 Å². The lowest BCUT2D eigenvalue weighted by Crippen LogP contribution is -2.38. The Bertz CT molecular complexity index is 398. The summed E-state index contributed by atoms with van der Waals surface area (Å²) in [5.41, 5.74) is 7.06. The highest BCUT2D eigenvalue weighted by Gasteiger charge is 2.16. The van der Waals surface area contributed by atoms with Gasteiger partial charge in [0.1, 0.15) is 0 Å². The van der Waals surface area contributed by atoms with E-state index in [4.69, 9.17) is 5.73 Å². The number of para-hydroxylation sites is 1. The molecule has 0 unspecified atom stereocenters. The second-order valence-electron chi connectivity index (χ2n) is 5.21. The molecule has 1 aliphatic carbocycles. The van der Waals surface area contributed by atoms with Crippen molar-refractivity contribution in [3.63, 3.8) is 0 Å². The Kier molecular flexibility index (Phi) is 5.07. The molecule has 4 nitrogen and oxygen atoms in total. The molecule has 2 rings (SSSR count). The zero-order valence-corrected chi connectivity index (χ0v) is 11.7. The fraction of sp³-hybridized carbons (Fsp3) is 0.533. The predicted octanol–water partition coefficient (Wildman–Crippen LogP) is 1.83. The number of nitrogens with one attached hydrogen (secondary N) is 1. The summed E-state index contributed by atoms with van der Waals surface area (Å²) in [6.45, 7) is 2.60. The molecule has 1 aromatic carbocycles. The molecule has 1 saturated carbocycles. The van der Waals surface area contributed by atoms with Gasteiger partial charge in [-0.2, -0.15) is 0 Å². The van der Waals surface area contributed by atoms with Crippen molar-refractivity contribution in [2.45, 2.75) is 19.3 Å². The molecule has 19 heavy (non-hydrogen) atoms. The Morgan fingerprint density at radius 2 is 2.11 bits per heavy atom. The summed E-state index contributed by atoms with van der Waals surface area (Å²) >= 11 is 0. The van der Waals surface area contributed by atoms with Crippen LogP contribution in [0.1, 0.15) is 19.3 Å². The molecule has 1 aromatic rings. The number of anilines is 1. The Morgan fingerprint density at radius 1 is 1.37 bits per heavy atom. The third kappa shape index (κ3) is 4.47. The van der Waals surface area contributed by atoms with Gasteiger partial charge in [0.05, 0.1) is 0 Å². The molecule has 0 bridgehead atoms. The number of benzene rings is 1. The maximum absolute atomic E-state index is 5.85. The summed E-state index contributed by atoms with van der Waals surface area (Å²) in [5, 5.41) is 3.17. The van der Waals surface area contributed by atoms with Gasteiger partial charge in [0.15, 0.2) is 5.96 Å². The molecule has 1 aliphatic rings. The van der Waals surface area contributed by atoms with Crippen LogP contribution in [0.15, 0.2) is 35.3 Å². The quantitative estimate of drug-likeness (QED) is 0.606. The van der Waals surface area contributed by atoms with E-state index >= 15 is 0 Å². The fourth-order valence-corrected chi connectivity index (χ4v) is 2.12. The molecule has 0 aliphatic heterocycles. The lowest BCUT2D eigenvalue weighted by atomic mass is 9.86. The molecule has 0 atom stereocenters. The van der Waals surface area contributed by atoms with Crippen LogP contribution in [0.5, 0.6) is 0 Å². The number of hydrogen-bond donors (Lipinski definition) is 2. The van der Waals surface area contributed by atoms with Gasteiger partial charge in [-0.25, -0.2) is 0 Å². The highest BCUT2D eigenvalue weighted by atomic mass is 15.1. The lowest BCUT2D eigenvalue weighted by Gasteiger charge is -2.23. The maximum atomic E-state index is 5.85. The average Bonchev–Trinajstić information content (AvgIpc) is 2.38. The molecule has 0 saturated heterocycles. The smallest absolute Gasteiger partial charge is 0.188 e. The van der Waals surface area contributed by atoms with E-state index in [1.54, 1.807) is 0 Å². The fourth-order valence-electron chi connectivity index (χ4n) is 2.12. The molecule has 1 fully saturated rings. The topological polar surface area (TPSA) is 53.6 Å². The highest BCUT2D eigenvalue weighted by Crippen LogP contribution is 2.26. The molecule has 0 spiro atoms. The van der Waals surface area contributed by atoms with Crippen molar-refractivity contribution in [1.82, 2.24) is 5.32 Å². The van der Waals surface area contributed by atoms with Gasteiger partial charge in [-0.3, -0.25) is 4.99 Å². The van der Waals surface area contributed by atoms with Crippen LogP contribution in [0.4, 0.5) is 5.69 Å². The Balaban J connectivity index is 1.65. The number of likely N-dealkylation sites (N-methyl/N-ethyl adjacent to an activating group) is 1. The first kappa shape index (κ1) is 13.7. The zero-order chi connectivity index (χ0) is 13.5. The number of nitrogens with two attached hydrogens (primary N) is 1. The van der Waals surface area contributed by atoms with E-state index in [0.717, 1.165) is 25.6 Å². The summed E-state index contributed by atoms with van der Waals surface area (Å²) in [6.07, 6.45) is 3.98. The van der Waals surface area contributed by atoms with Crippen molar-refractivity contribution < 1.29 is 0 Å². The first-order valence-corrected chi connectivity index (χ1v) is 7.05. The summed E-state index contributed by atoms with van der Waals surface area (Å²) in [5.74, 6) is 1.35. The minimum atomic E-state index is 0.577. The SMILES string of the molecule is CN(CCNC(N)=NCC1CCC1)c1ccccc1. The Hall–Kier alpha value is -1.71. The summed E-state index contributed by atoms with van der Waals surface area (Å²) < 4.78 is 0. The van der Waals surface area contributed by atoms with E-state index in [0.29, 0.717) is 5.96 Å². The van der Waals surface area contributed by atoms with Gasteiger partial charge in [0, 0.05) is 32.4 Å². The normalized spacial score (nSPS) is 15.9. The third-order valence-electron chi connectivity index (χ3n) is 3.69. The van der Waals surface area contributed by atoms with Gasteiger partial charge in [-0.15, -0.1) is 0 Å². The van der Waals surface area contributed by atoms with Crippen molar-refractivity contribution in [2.75, 3.05) is 31.6 Å². The summed E-state index contributed by atoms with van der Waals surface area (Å²) in [6, 6.07) is 10.3. The molecule has 0 heterocycles. The van der Waals surface area contributed by atoms with Crippen LogP contribution >= 0.6 is 0 Å². The first-order valence-electron chi connectivity index (χ1n) is 7.05. The molecule has 0 radical (unpaired) electrons. The lowest BCUT2D eigenvalue weighted by molar-refractivity contribution is 0.326. The second-order valence-corrected chi connectivity index (χ2v) is 5.21. The predicted molar refractivity (Wildman–Crippen MR) is 81.5 cm³/mol. The van der Waals surface area contributed by atoms with Crippen LogP contribution in [-0.4, -0.2) is 32.6 Å². The molecule has 0 amide bonds. The van der Waals surface area contributed by atoms with Crippen LogP contribution in [0.2, 0.25) is 0 Å². The van der Waals surface area contributed by atoms with E-state index in [-0.39, 0.29) is 0 Å². The van der Waals surface area contributed by atoms with Crippen LogP contribution in [0, 0.1) is 5.92 Å². The molecule has 104 valence electrons. The van der Waals surface area contributed by atoms with Gasteiger partial charge >= 0.3 is 0 Å². The van der Waals surface area contributed by atoms with Gasteiger partial charge in [0.25, 0.3) is 0 Å². The van der Waals surface area contributed by atoms with Crippen LogP contribution in [0.3, 0.4) is 0 Å². The summed E-state index contributed by atoms with van der Waals surface area (Å²) in [4.78, 5) is 6.58. The largest absolute Gasteiger partial charge is 0.373 e.